The van der Waals surface area contributed by atoms with Crippen LogP contribution in [0.1, 0.15) is 29.3 Å². The minimum atomic E-state index is -0.343. The summed E-state index contributed by atoms with van der Waals surface area (Å²) >= 11 is 1.48. The van der Waals surface area contributed by atoms with Crippen molar-refractivity contribution in [3.8, 4) is 0 Å². The van der Waals surface area contributed by atoms with E-state index < -0.39 is 0 Å². The minimum absolute atomic E-state index is 0.279. The lowest BCUT2D eigenvalue weighted by Crippen LogP contribution is -2.34. The molecule has 1 atom stereocenters. The Morgan fingerprint density at radius 2 is 1.77 bits per heavy atom. The molecule has 0 spiro atoms. The van der Waals surface area contributed by atoms with E-state index in [-0.39, 0.29) is 24.4 Å². The summed E-state index contributed by atoms with van der Waals surface area (Å²) in [5.74, 6) is 0.213. The van der Waals surface area contributed by atoms with Gasteiger partial charge < -0.3 is 16.4 Å². The predicted octanol–water partition coefficient (Wildman–Crippen LogP) is 4.46. The molecule has 3 rings (SSSR count). The number of hydrogen-bond acceptors (Lipinski definition) is 4. The third-order valence-corrected chi connectivity index (χ3v) is 5.73. The first-order valence-electron chi connectivity index (χ1n) is 10.1. The summed E-state index contributed by atoms with van der Waals surface area (Å²) in [7, 11) is 0. The second-order valence-electron chi connectivity index (χ2n) is 7.16. The Morgan fingerprint density at radius 1 is 1.03 bits per heavy atom. The van der Waals surface area contributed by atoms with Crippen LogP contribution in [-0.2, 0) is 11.2 Å². The maximum atomic E-state index is 12.8. The van der Waals surface area contributed by atoms with Crippen molar-refractivity contribution < 1.29 is 9.59 Å². The van der Waals surface area contributed by atoms with Crippen molar-refractivity contribution in [2.75, 3.05) is 11.1 Å². The second kappa shape index (κ2) is 11.2. The summed E-state index contributed by atoms with van der Waals surface area (Å²) in [6.07, 6.45) is 2.63. The molecule has 0 saturated heterocycles. The topological polar surface area (TPSA) is 97.1 Å². The molecule has 1 heterocycles. The van der Waals surface area contributed by atoms with Crippen molar-refractivity contribution >= 4 is 29.4 Å². The molecular weight excluding hydrogens is 408 g/mol. The summed E-state index contributed by atoms with van der Waals surface area (Å²) in [5.41, 5.74) is 9.00. The van der Waals surface area contributed by atoms with E-state index in [0.717, 1.165) is 16.2 Å². The average molecular weight is 435 g/mol. The Hall–Kier alpha value is -3.32. The number of aromatic nitrogens is 1. The van der Waals surface area contributed by atoms with Gasteiger partial charge in [0.05, 0.1) is 17.4 Å². The number of primary amides is 1. The van der Waals surface area contributed by atoms with Gasteiger partial charge in [0.1, 0.15) is 0 Å². The molecule has 0 fully saturated rings. The van der Waals surface area contributed by atoms with Gasteiger partial charge >= 0.3 is 6.03 Å². The Labute approximate surface area is 186 Å². The van der Waals surface area contributed by atoms with Crippen LogP contribution in [-0.4, -0.2) is 22.7 Å². The molecule has 1 aromatic heterocycles. The van der Waals surface area contributed by atoms with Gasteiger partial charge in [0.15, 0.2) is 0 Å². The highest BCUT2D eigenvalue weighted by Crippen LogP contribution is 2.27. The van der Waals surface area contributed by atoms with E-state index >= 15 is 0 Å². The molecule has 1 unspecified atom stereocenters. The number of nitrogens with zero attached hydrogens (tertiary/aromatic N) is 1. The highest BCUT2D eigenvalue weighted by Gasteiger charge is 2.17. The molecule has 0 radical (unpaired) electrons. The first-order chi connectivity index (χ1) is 15.0. The summed E-state index contributed by atoms with van der Waals surface area (Å²) in [5, 5.41) is 5.98. The fourth-order valence-corrected chi connectivity index (χ4v) is 4.02. The van der Waals surface area contributed by atoms with Gasteiger partial charge in [0, 0.05) is 23.3 Å². The second-order valence-corrected chi connectivity index (χ2v) is 8.29. The van der Waals surface area contributed by atoms with E-state index in [9.17, 15) is 9.59 Å². The van der Waals surface area contributed by atoms with Gasteiger partial charge in [-0.3, -0.25) is 9.78 Å². The molecule has 0 aliphatic carbocycles. The van der Waals surface area contributed by atoms with Crippen LogP contribution >= 0.6 is 11.8 Å². The number of nitrogens with one attached hydrogen (secondary N) is 2. The first-order valence-corrected chi connectivity index (χ1v) is 11.0. The van der Waals surface area contributed by atoms with Crippen molar-refractivity contribution in [2.45, 2.75) is 30.7 Å². The van der Waals surface area contributed by atoms with Crippen molar-refractivity contribution in [3.05, 3.63) is 89.7 Å². The van der Waals surface area contributed by atoms with Crippen LogP contribution in [0.15, 0.2) is 77.8 Å². The Kier molecular flexibility index (Phi) is 8.06. The van der Waals surface area contributed by atoms with Crippen LogP contribution in [0.5, 0.6) is 0 Å². The fraction of sp³-hybridized carbons (Fsp3) is 0.208. The van der Waals surface area contributed by atoms with Gasteiger partial charge in [-0.1, -0.05) is 48.0 Å². The number of urea groups is 1. The van der Waals surface area contributed by atoms with Crippen LogP contribution in [0.25, 0.3) is 0 Å². The highest BCUT2D eigenvalue weighted by molar-refractivity contribution is 7.99. The van der Waals surface area contributed by atoms with Crippen molar-refractivity contribution in [1.82, 2.24) is 10.3 Å². The molecular formula is C24H26N4O2S. The van der Waals surface area contributed by atoms with Crippen LogP contribution in [0.4, 0.5) is 10.5 Å². The smallest absolute Gasteiger partial charge is 0.319 e. The number of pyridine rings is 1. The van der Waals surface area contributed by atoms with Crippen LogP contribution < -0.4 is 16.4 Å². The third kappa shape index (κ3) is 7.15. The quantitative estimate of drug-likeness (QED) is 0.433. The van der Waals surface area contributed by atoms with Gasteiger partial charge in [0.2, 0.25) is 5.91 Å². The van der Waals surface area contributed by atoms with E-state index in [1.807, 2.05) is 49.4 Å². The van der Waals surface area contributed by atoms with Crippen LogP contribution in [0.2, 0.25) is 0 Å². The number of amides is 3. The number of anilines is 1. The molecule has 160 valence electrons. The van der Waals surface area contributed by atoms with Crippen molar-refractivity contribution in [3.63, 3.8) is 0 Å². The standard InChI is InChI=1S/C24H26N4O2S/c1-17-9-11-18(12-10-17)16-21(19-6-4-5-14-26-19)28-24(30)27-20-7-2-3-8-22(20)31-15-13-23(25)29/h2-12,14,21H,13,15-16H2,1H3,(H2,25,29)(H2,27,28,30). The molecule has 0 aliphatic heterocycles. The minimum Gasteiger partial charge on any atom is -0.370 e. The number of thioether (sulfide) groups is 1. The summed E-state index contributed by atoms with van der Waals surface area (Å²) in [6, 6.07) is 20.8. The molecule has 6 nitrogen and oxygen atoms in total. The average Bonchev–Trinajstić information content (AvgIpc) is 2.76. The lowest BCUT2D eigenvalue weighted by molar-refractivity contribution is -0.117. The SMILES string of the molecule is Cc1ccc(CC(NC(=O)Nc2ccccc2SCCC(N)=O)c2ccccn2)cc1. The van der Waals surface area contributed by atoms with Gasteiger partial charge in [0.25, 0.3) is 0 Å². The molecule has 7 heteroatoms. The molecule has 2 aromatic carbocycles. The summed E-state index contributed by atoms with van der Waals surface area (Å²) in [4.78, 5) is 29.2. The number of nitrogens with two attached hydrogens (primary N) is 1. The van der Waals surface area contributed by atoms with Gasteiger partial charge in [-0.05, 0) is 43.2 Å². The molecule has 0 aliphatic rings. The molecule has 3 amide bonds. The molecule has 4 N–H and O–H groups in total. The fourth-order valence-electron chi connectivity index (χ4n) is 3.05. The number of rotatable bonds is 9. The zero-order chi connectivity index (χ0) is 22.1. The predicted molar refractivity (Wildman–Crippen MR) is 125 cm³/mol. The Morgan fingerprint density at radius 3 is 2.48 bits per heavy atom. The van der Waals surface area contributed by atoms with Gasteiger partial charge in [-0.2, -0.15) is 0 Å². The third-order valence-electron chi connectivity index (χ3n) is 4.65. The molecule has 0 saturated carbocycles. The van der Waals surface area contributed by atoms with Crippen molar-refractivity contribution in [1.29, 1.82) is 0 Å². The van der Waals surface area contributed by atoms with Crippen LogP contribution in [0, 0.1) is 6.92 Å². The normalized spacial score (nSPS) is 11.5. The monoisotopic (exact) mass is 434 g/mol. The zero-order valence-electron chi connectivity index (χ0n) is 17.4. The van der Waals surface area contributed by atoms with E-state index in [4.69, 9.17) is 5.73 Å². The number of aryl methyl sites for hydroxylation is 1. The van der Waals surface area contributed by atoms with Crippen molar-refractivity contribution in [2.24, 2.45) is 5.73 Å². The molecule has 0 bridgehead atoms. The maximum Gasteiger partial charge on any atom is 0.319 e. The van der Waals surface area contributed by atoms with E-state index in [1.165, 1.54) is 17.3 Å². The van der Waals surface area contributed by atoms with Gasteiger partial charge in [-0.25, -0.2) is 4.79 Å². The highest BCUT2D eigenvalue weighted by atomic mass is 32.2. The van der Waals surface area contributed by atoms with E-state index in [1.54, 1.807) is 6.20 Å². The molecule has 31 heavy (non-hydrogen) atoms. The Bertz CT molecular complexity index is 1010. The van der Waals surface area contributed by atoms with E-state index in [0.29, 0.717) is 17.9 Å². The summed E-state index contributed by atoms with van der Waals surface area (Å²) < 4.78 is 0. The number of para-hydroxylation sites is 1. The largest absolute Gasteiger partial charge is 0.370 e. The number of hydrogen-bond donors (Lipinski definition) is 3. The Balaban J connectivity index is 1.71. The van der Waals surface area contributed by atoms with Gasteiger partial charge in [-0.15, -0.1) is 11.8 Å². The van der Waals surface area contributed by atoms with E-state index in [2.05, 4.69) is 39.9 Å². The first kappa shape index (κ1) is 22.4. The summed E-state index contributed by atoms with van der Waals surface area (Å²) in [6.45, 7) is 2.05. The lowest BCUT2D eigenvalue weighted by Gasteiger charge is -2.20. The number of carbonyl (C=O) groups is 2. The van der Waals surface area contributed by atoms with Crippen LogP contribution in [0.3, 0.4) is 0 Å². The number of benzene rings is 2. The maximum absolute atomic E-state index is 12.8. The lowest BCUT2D eigenvalue weighted by atomic mass is 10.0. The zero-order valence-corrected chi connectivity index (χ0v) is 18.2. The number of carbonyl (C=O) groups excluding carboxylic acids is 2. The molecule has 3 aromatic rings.